The Morgan fingerprint density at radius 3 is 2.79 bits per heavy atom. The van der Waals surface area contributed by atoms with Gasteiger partial charge in [0.05, 0.1) is 6.10 Å². The number of hydrogen-bond acceptors (Lipinski definition) is 2. The van der Waals surface area contributed by atoms with Gasteiger partial charge in [0.2, 0.25) is 0 Å². The summed E-state index contributed by atoms with van der Waals surface area (Å²) in [5, 5.41) is 3.39. The Morgan fingerprint density at radius 1 is 1.42 bits per heavy atom. The number of nitrogens with zero attached hydrogens (tertiary/aromatic N) is 2. The smallest absolute Gasteiger partial charge is 0.193 e. The number of nitrogens with one attached hydrogen (secondary N) is 1. The van der Waals surface area contributed by atoms with Gasteiger partial charge in [-0.15, -0.1) is 0 Å². The van der Waals surface area contributed by atoms with Crippen LogP contribution in [-0.4, -0.2) is 50.3 Å². The molecule has 0 radical (unpaired) electrons. The van der Waals surface area contributed by atoms with Crippen molar-refractivity contribution in [2.75, 3.05) is 33.3 Å². The molecule has 1 saturated heterocycles. The van der Waals surface area contributed by atoms with Crippen LogP contribution in [0, 0.1) is 5.82 Å². The van der Waals surface area contributed by atoms with Crippen LogP contribution in [0.1, 0.15) is 31.7 Å². The molecule has 0 spiro atoms. The number of aryl methyl sites for hydroxylation is 1. The zero-order valence-corrected chi connectivity index (χ0v) is 16.1. The Morgan fingerprint density at radius 2 is 2.17 bits per heavy atom. The molecule has 1 heterocycles. The van der Waals surface area contributed by atoms with Gasteiger partial charge in [0.15, 0.2) is 5.96 Å². The van der Waals surface area contributed by atoms with Crippen molar-refractivity contribution in [2.45, 2.75) is 38.7 Å². The molecule has 0 saturated carbocycles. The molecule has 0 aromatic heterocycles. The fraction of sp³-hybridized carbons (Fsp3) is 0.611. The van der Waals surface area contributed by atoms with Gasteiger partial charge < -0.3 is 15.0 Å². The number of aliphatic imine (C=N–C) groups is 1. The third-order valence-electron chi connectivity index (χ3n) is 4.28. The van der Waals surface area contributed by atoms with E-state index in [1.54, 1.807) is 0 Å². The maximum atomic E-state index is 13.8. The maximum Gasteiger partial charge on any atom is 0.193 e. The molecule has 0 bridgehead atoms. The highest BCUT2D eigenvalue weighted by Crippen LogP contribution is 2.16. The molecule has 1 aromatic rings. The Bertz CT molecular complexity index is 545. The SMILES string of the molecule is CCOC1CCN(C(=NC)NCCCc2ccc(Br)cc2F)CC1. The molecule has 24 heavy (non-hydrogen) atoms. The topological polar surface area (TPSA) is 36.9 Å². The van der Waals surface area contributed by atoms with Crippen molar-refractivity contribution in [1.82, 2.24) is 10.2 Å². The number of halogens is 2. The lowest BCUT2D eigenvalue weighted by Crippen LogP contribution is -2.47. The van der Waals surface area contributed by atoms with Gasteiger partial charge >= 0.3 is 0 Å². The molecule has 1 N–H and O–H groups in total. The first-order valence-electron chi connectivity index (χ1n) is 8.65. The first kappa shape index (κ1) is 19.2. The van der Waals surface area contributed by atoms with Crippen molar-refractivity contribution >= 4 is 21.9 Å². The van der Waals surface area contributed by atoms with E-state index in [0.717, 1.165) is 67.9 Å². The largest absolute Gasteiger partial charge is 0.378 e. The summed E-state index contributed by atoms with van der Waals surface area (Å²) in [6.07, 6.45) is 4.05. The monoisotopic (exact) mass is 399 g/mol. The van der Waals surface area contributed by atoms with Crippen LogP contribution in [0.3, 0.4) is 0 Å². The summed E-state index contributed by atoms with van der Waals surface area (Å²) in [7, 11) is 1.81. The van der Waals surface area contributed by atoms with Crippen LogP contribution in [-0.2, 0) is 11.2 Å². The fourth-order valence-corrected chi connectivity index (χ4v) is 3.34. The van der Waals surface area contributed by atoms with Crippen molar-refractivity contribution in [2.24, 2.45) is 4.99 Å². The molecule has 0 unspecified atom stereocenters. The van der Waals surface area contributed by atoms with Crippen molar-refractivity contribution in [3.05, 3.63) is 34.1 Å². The van der Waals surface area contributed by atoms with Gasteiger partial charge in [0.1, 0.15) is 5.82 Å². The lowest BCUT2D eigenvalue weighted by atomic mass is 10.1. The number of rotatable bonds is 6. The summed E-state index contributed by atoms with van der Waals surface area (Å²) in [5.41, 5.74) is 0.757. The molecule has 4 nitrogen and oxygen atoms in total. The molecule has 134 valence electrons. The zero-order chi connectivity index (χ0) is 17.4. The lowest BCUT2D eigenvalue weighted by Gasteiger charge is -2.34. The molecule has 1 fully saturated rings. The Hall–Kier alpha value is -1.14. The number of likely N-dealkylation sites (tertiary alicyclic amines) is 1. The van der Waals surface area contributed by atoms with E-state index in [1.165, 1.54) is 6.07 Å². The minimum atomic E-state index is -0.147. The van der Waals surface area contributed by atoms with Crippen molar-refractivity contribution in [3.63, 3.8) is 0 Å². The first-order valence-corrected chi connectivity index (χ1v) is 9.44. The van der Waals surface area contributed by atoms with Crippen LogP contribution in [0.5, 0.6) is 0 Å². The lowest BCUT2D eigenvalue weighted by molar-refractivity contribution is 0.0264. The molecule has 0 aliphatic carbocycles. The van der Waals surface area contributed by atoms with Crippen LogP contribution < -0.4 is 5.32 Å². The standard InChI is InChI=1S/C18H27BrFN3O/c1-3-24-16-8-11-23(12-9-16)18(21-2)22-10-4-5-14-6-7-15(19)13-17(14)20/h6-7,13,16H,3-5,8-12H2,1-2H3,(H,21,22). The minimum absolute atomic E-state index is 0.147. The van der Waals surface area contributed by atoms with Gasteiger partial charge in [-0.1, -0.05) is 22.0 Å². The van der Waals surface area contributed by atoms with Crippen LogP contribution in [0.25, 0.3) is 0 Å². The second kappa shape index (κ2) is 9.99. The number of benzene rings is 1. The van der Waals surface area contributed by atoms with Gasteiger partial charge in [-0.05, 0) is 50.3 Å². The third kappa shape index (κ3) is 5.74. The summed E-state index contributed by atoms with van der Waals surface area (Å²) < 4.78 is 20.3. The summed E-state index contributed by atoms with van der Waals surface area (Å²) in [5.74, 6) is 0.785. The van der Waals surface area contributed by atoms with Gasteiger partial charge in [-0.25, -0.2) is 4.39 Å². The normalized spacial score (nSPS) is 16.5. The molecule has 1 aliphatic rings. The van der Waals surface area contributed by atoms with E-state index < -0.39 is 0 Å². The van der Waals surface area contributed by atoms with Gasteiger partial charge in [-0.3, -0.25) is 4.99 Å². The Kier molecular flexibility index (Phi) is 7.99. The third-order valence-corrected chi connectivity index (χ3v) is 4.77. The van der Waals surface area contributed by atoms with Gasteiger partial charge in [-0.2, -0.15) is 0 Å². The highest BCUT2D eigenvalue weighted by atomic mass is 79.9. The van der Waals surface area contributed by atoms with E-state index in [4.69, 9.17) is 4.74 Å². The molecule has 0 amide bonds. The van der Waals surface area contributed by atoms with Gasteiger partial charge in [0.25, 0.3) is 0 Å². The van der Waals surface area contributed by atoms with E-state index in [-0.39, 0.29) is 5.82 Å². The molecule has 6 heteroatoms. The van der Waals surface area contributed by atoms with Crippen LogP contribution in [0.2, 0.25) is 0 Å². The second-order valence-electron chi connectivity index (χ2n) is 5.96. The molecule has 1 aromatic carbocycles. The predicted molar refractivity (Wildman–Crippen MR) is 100 cm³/mol. The van der Waals surface area contributed by atoms with Crippen LogP contribution >= 0.6 is 15.9 Å². The molecular weight excluding hydrogens is 373 g/mol. The Labute approximate surface area is 152 Å². The zero-order valence-electron chi connectivity index (χ0n) is 14.5. The summed E-state index contributed by atoms with van der Waals surface area (Å²) in [6.45, 7) is 5.54. The molecular formula is C18H27BrFN3O. The highest BCUT2D eigenvalue weighted by molar-refractivity contribution is 9.10. The molecule has 2 rings (SSSR count). The van der Waals surface area contributed by atoms with Crippen molar-refractivity contribution in [1.29, 1.82) is 0 Å². The number of piperidine rings is 1. The first-order chi connectivity index (χ1) is 11.6. The highest BCUT2D eigenvalue weighted by Gasteiger charge is 2.21. The quantitative estimate of drug-likeness (QED) is 0.451. The second-order valence-corrected chi connectivity index (χ2v) is 6.87. The van der Waals surface area contributed by atoms with Gasteiger partial charge in [0, 0.05) is 37.8 Å². The van der Waals surface area contributed by atoms with E-state index in [9.17, 15) is 4.39 Å². The van der Waals surface area contributed by atoms with Crippen LogP contribution in [0.15, 0.2) is 27.7 Å². The average molecular weight is 400 g/mol. The van der Waals surface area contributed by atoms with E-state index in [1.807, 2.05) is 26.1 Å². The van der Waals surface area contributed by atoms with E-state index in [0.29, 0.717) is 6.10 Å². The predicted octanol–water partition coefficient (Wildman–Crippen LogP) is 3.60. The Balaban J connectivity index is 1.72. The number of guanidine groups is 1. The summed E-state index contributed by atoms with van der Waals surface area (Å²) in [4.78, 5) is 6.64. The van der Waals surface area contributed by atoms with E-state index >= 15 is 0 Å². The van der Waals surface area contributed by atoms with Crippen LogP contribution in [0.4, 0.5) is 4.39 Å². The fourth-order valence-electron chi connectivity index (χ4n) is 3.01. The van der Waals surface area contributed by atoms with Crippen molar-refractivity contribution < 1.29 is 9.13 Å². The number of hydrogen-bond donors (Lipinski definition) is 1. The maximum absolute atomic E-state index is 13.8. The summed E-state index contributed by atoms with van der Waals surface area (Å²) in [6, 6.07) is 5.24. The minimum Gasteiger partial charge on any atom is -0.378 e. The molecule has 1 aliphatic heterocycles. The molecule has 0 atom stereocenters. The van der Waals surface area contributed by atoms with Crippen molar-refractivity contribution in [3.8, 4) is 0 Å². The number of ether oxygens (including phenoxy) is 1. The van der Waals surface area contributed by atoms with E-state index in [2.05, 4.69) is 31.1 Å². The summed E-state index contributed by atoms with van der Waals surface area (Å²) >= 11 is 3.28. The average Bonchev–Trinajstić information content (AvgIpc) is 2.58.